The molecule has 0 amide bonds. The van der Waals surface area contributed by atoms with Crippen molar-refractivity contribution >= 4 is 33.1 Å². The van der Waals surface area contributed by atoms with Crippen LogP contribution in [0.4, 0.5) is 10.8 Å². The van der Waals surface area contributed by atoms with E-state index in [4.69, 9.17) is 4.98 Å². The van der Waals surface area contributed by atoms with Gasteiger partial charge in [-0.2, -0.15) is 0 Å². The van der Waals surface area contributed by atoms with E-state index in [1.165, 1.54) is 23.5 Å². The lowest BCUT2D eigenvalue weighted by Gasteiger charge is -2.17. The average Bonchev–Trinajstić information content (AvgIpc) is 3.18. The lowest BCUT2D eigenvalue weighted by Crippen LogP contribution is -2.21. The highest BCUT2D eigenvalue weighted by molar-refractivity contribution is 7.15. The van der Waals surface area contributed by atoms with Crippen LogP contribution < -0.4 is 16.4 Å². The number of para-hydroxylation sites is 1. The fourth-order valence-electron chi connectivity index (χ4n) is 3.57. The molecule has 0 fully saturated rings. The molecule has 4 rings (SSSR count). The zero-order chi connectivity index (χ0) is 23.6. The van der Waals surface area contributed by atoms with Crippen molar-refractivity contribution in [1.82, 2.24) is 15.4 Å². The summed E-state index contributed by atoms with van der Waals surface area (Å²) in [4.78, 5) is 31.8. The number of nitro benzene ring substituents is 1. The van der Waals surface area contributed by atoms with Crippen LogP contribution in [0.25, 0.3) is 10.9 Å². The quantitative estimate of drug-likeness (QED) is 0.265. The van der Waals surface area contributed by atoms with E-state index in [1.54, 1.807) is 12.1 Å². The maximum absolute atomic E-state index is 12.7. The molecule has 33 heavy (non-hydrogen) atoms. The summed E-state index contributed by atoms with van der Waals surface area (Å²) in [7, 11) is 0. The van der Waals surface area contributed by atoms with Crippen molar-refractivity contribution < 1.29 is 4.92 Å². The van der Waals surface area contributed by atoms with E-state index < -0.39 is 4.92 Å². The van der Waals surface area contributed by atoms with Crippen molar-refractivity contribution in [3.05, 3.63) is 96.8 Å². The second-order valence-corrected chi connectivity index (χ2v) is 9.91. The molecule has 0 unspecified atom stereocenters. The summed E-state index contributed by atoms with van der Waals surface area (Å²) in [6, 6.07) is 16.1. The van der Waals surface area contributed by atoms with Crippen molar-refractivity contribution in [3.8, 4) is 0 Å². The molecule has 0 aliphatic carbocycles. The van der Waals surface area contributed by atoms with E-state index >= 15 is 0 Å². The van der Waals surface area contributed by atoms with Crippen molar-refractivity contribution in [2.75, 3.05) is 5.43 Å². The number of hydrogen-bond donors (Lipinski definition) is 3. The number of pyridine rings is 1. The molecule has 0 aliphatic heterocycles. The van der Waals surface area contributed by atoms with E-state index in [0.717, 1.165) is 27.0 Å². The fraction of sp³-hybridized carbons (Fsp3) is 0.250. The van der Waals surface area contributed by atoms with Crippen LogP contribution in [0.5, 0.6) is 0 Å². The van der Waals surface area contributed by atoms with Crippen LogP contribution in [-0.4, -0.2) is 14.9 Å². The predicted octanol–water partition coefficient (Wildman–Crippen LogP) is 4.90. The molecule has 3 N–H and O–H groups in total. The molecule has 2 heterocycles. The van der Waals surface area contributed by atoms with E-state index in [9.17, 15) is 14.9 Å². The van der Waals surface area contributed by atoms with Crippen molar-refractivity contribution in [3.63, 3.8) is 0 Å². The Morgan fingerprint density at radius 2 is 1.85 bits per heavy atom. The SMILES string of the molecule is CC(C)(C)c1nc(NNCc2ccc([N+](=O)[O-])cc2)sc1Cc1cc2ccccc2[nH]c1=O. The minimum absolute atomic E-state index is 0.0646. The summed E-state index contributed by atoms with van der Waals surface area (Å²) in [6.45, 7) is 6.78. The Morgan fingerprint density at radius 1 is 1.12 bits per heavy atom. The van der Waals surface area contributed by atoms with Gasteiger partial charge >= 0.3 is 0 Å². The first-order chi connectivity index (χ1) is 15.7. The molecule has 8 nitrogen and oxygen atoms in total. The highest BCUT2D eigenvalue weighted by Gasteiger charge is 2.24. The second-order valence-electron chi connectivity index (χ2n) is 8.83. The van der Waals surface area contributed by atoms with Crippen LogP contribution in [-0.2, 0) is 18.4 Å². The standard InChI is InChI=1S/C24H25N5O3S/c1-24(2,3)21-20(13-17-12-16-6-4-5-7-19(16)26-22(17)30)33-23(27-21)28-25-14-15-8-10-18(11-9-15)29(31)32/h4-12,25H,13-14H2,1-3H3,(H,26,30)(H,27,28). The number of H-pyrrole nitrogens is 1. The number of nitrogens with one attached hydrogen (secondary N) is 3. The Hall–Kier alpha value is -3.56. The molecule has 9 heteroatoms. The molecular weight excluding hydrogens is 438 g/mol. The maximum Gasteiger partial charge on any atom is 0.269 e. The van der Waals surface area contributed by atoms with Gasteiger partial charge in [0.05, 0.1) is 10.6 Å². The Morgan fingerprint density at radius 3 is 2.55 bits per heavy atom. The fourth-order valence-corrected chi connectivity index (χ4v) is 4.73. The average molecular weight is 464 g/mol. The number of fused-ring (bicyclic) bond motifs is 1. The summed E-state index contributed by atoms with van der Waals surface area (Å²) in [5.74, 6) is 0. The van der Waals surface area contributed by atoms with E-state index in [1.807, 2.05) is 30.3 Å². The maximum atomic E-state index is 12.7. The minimum Gasteiger partial charge on any atom is -0.322 e. The first-order valence-corrected chi connectivity index (χ1v) is 11.4. The monoisotopic (exact) mass is 463 g/mol. The molecule has 0 atom stereocenters. The van der Waals surface area contributed by atoms with Crippen LogP contribution in [0.1, 0.15) is 42.5 Å². The predicted molar refractivity (Wildman–Crippen MR) is 132 cm³/mol. The van der Waals surface area contributed by atoms with Gasteiger partial charge in [-0.05, 0) is 23.1 Å². The number of nitrogens with zero attached hydrogens (tertiary/aromatic N) is 2. The number of non-ortho nitro benzene ring substituents is 1. The van der Waals surface area contributed by atoms with Gasteiger partial charge in [0.2, 0.25) is 0 Å². The van der Waals surface area contributed by atoms with Gasteiger partial charge in [-0.1, -0.05) is 51.1 Å². The van der Waals surface area contributed by atoms with Crippen LogP contribution in [0.15, 0.2) is 59.4 Å². The van der Waals surface area contributed by atoms with E-state index in [0.29, 0.717) is 23.7 Å². The minimum atomic E-state index is -0.415. The van der Waals surface area contributed by atoms with Gasteiger partial charge in [0.15, 0.2) is 5.13 Å². The van der Waals surface area contributed by atoms with Gasteiger partial charge in [-0.3, -0.25) is 20.3 Å². The molecule has 0 saturated carbocycles. The number of anilines is 1. The third kappa shape index (κ3) is 5.27. The Kier molecular flexibility index (Phi) is 6.26. The lowest BCUT2D eigenvalue weighted by molar-refractivity contribution is -0.384. The zero-order valence-electron chi connectivity index (χ0n) is 18.6. The van der Waals surface area contributed by atoms with Gasteiger partial charge in [-0.15, -0.1) is 11.3 Å². The van der Waals surface area contributed by atoms with Gasteiger partial charge in [0.25, 0.3) is 11.2 Å². The van der Waals surface area contributed by atoms with Crippen LogP contribution in [0.2, 0.25) is 0 Å². The lowest BCUT2D eigenvalue weighted by atomic mass is 9.90. The third-order valence-electron chi connectivity index (χ3n) is 5.22. The number of nitro groups is 1. The number of hydrazine groups is 1. The van der Waals surface area contributed by atoms with Gasteiger partial charge in [0, 0.05) is 46.5 Å². The summed E-state index contributed by atoms with van der Waals surface area (Å²) in [5.41, 5.74) is 9.41. The topological polar surface area (TPSA) is 113 Å². The number of thiazole rings is 1. The second kappa shape index (κ2) is 9.13. The molecule has 0 bridgehead atoms. The van der Waals surface area contributed by atoms with Crippen molar-refractivity contribution in [2.24, 2.45) is 0 Å². The highest BCUT2D eigenvalue weighted by Crippen LogP contribution is 2.33. The largest absolute Gasteiger partial charge is 0.322 e. The highest BCUT2D eigenvalue weighted by atomic mass is 32.1. The molecular formula is C24H25N5O3S. The number of aromatic nitrogens is 2. The summed E-state index contributed by atoms with van der Waals surface area (Å²) >= 11 is 1.51. The van der Waals surface area contributed by atoms with Gasteiger partial charge < -0.3 is 4.98 Å². The molecule has 0 saturated heterocycles. The summed E-state index contributed by atoms with van der Waals surface area (Å²) in [6.07, 6.45) is 0.495. The Bertz CT molecular complexity index is 1350. The Labute approximate surface area is 194 Å². The van der Waals surface area contributed by atoms with Crippen LogP contribution in [0, 0.1) is 10.1 Å². The van der Waals surface area contributed by atoms with Crippen LogP contribution >= 0.6 is 11.3 Å². The van der Waals surface area contributed by atoms with Crippen LogP contribution in [0.3, 0.4) is 0 Å². The first kappa shape index (κ1) is 22.6. The molecule has 2 aromatic carbocycles. The number of rotatable bonds is 7. The van der Waals surface area contributed by atoms with Crippen molar-refractivity contribution in [1.29, 1.82) is 0 Å². The van der Waals surface area contributed by atoms with E-state index in [-0.39, 0.29) is 16.7 Å². The zero-order valence-corrected chi connectivity index (χ0v) is 19.5. The third-order valence-corrected chi connectivity index (χ3v) is 6.19. The molecule has 0 aliphatic rings. The van der Waals surface area contributed by atoms with Gasteiger partial charge in [-0.25, -0.2) is 10.4 Å². The summed E-state index contributed by atoms with van der Waals surface area (Å²) in [5, 5.41) is 12.5. The first-order valence-electron chi connectivity index (χ1n) is 10.5. The smallest absolute Gasteiger partial charge is 0.269 e. The number of hydrogen-bond acceptors (Lipinski definition) is 7. The molecule has 2 aromatic heterocycles. The molecule has 170 valence electrons. The van der Waals surface area contributed by atoms with Crippen molar-refractivity contribution in [2.45, 2.75) is 39.2 Å². The van der Waals surface area contributed by atoms with E-state index in [2.05, 4.69) is 36.6 Å². The number of benzene rings is 2. The number of aromatic amines is 1. The molecule has 0 radical (unpaired) electrons. The molecule has 0 spiro atoms. The summed E-state index contributed by atoms with van der Waals surface area (Å²) < 4.78 is 0. The Balaban J connectivity index is 1.52. The molecule has 4 aromatic rings. The van der Waals surface area contributed by atoms with Gasteiger partial charge in [0.1, 0.15) is 0 Å². The normalized spacial score (nSPS) is 11.6.